The molecule has 0 bridgehead atoms. The van der Waals surface area contributed by atoms with E-state index in [1.54, 1.807) is 59.1 Å². The highest BCUT2D eigenvalue weighted by Crippen LogP contribution is 2.32. The smallest absolute Gasteiger partial charge is 0.410 e. The van der Waals surface area contributed by atoms with Gasteiger partial charge in [-0.05, 0) is 69.7 Å². The van der Waals surface area contributed by atoms with E-state index in [-0.39, 0.29) is 24.8 Å². The van der Waals surface area contributed by atoms with Gasteiger partial charge in [0, 0.05) is 12.1 Å². The molecule has 31 heavy (non-hydrogen) atoms. The number of halogens is 2. The van der Waals surface area contributed by atoms with Crippen LogP contribution in [0.4, 0.5) is 9.18 Å². The molecule has 0 spiro atoms. The highest BCUT2D eigenvalue weighted by Gasteiger charge is 2.29. The van der Waals surface area contributed by atoms with Crippen molar-refractivity contribution in [1.82, 2.24) is 4.90 Å². The summed E-state index contributed by atoms with van der Waals surface area (Å²) in [6.07, 6.45) is -0.614. The topological polar surface area (TPSA) is 68.2 Å². The van der Waals surface area contributed by atoms with Gasteiger partial charge in [-0.25, -0.2) is 9.18 Å². The van der Waals surface area contributed by atoms with E-state index in [1.165, 1.54) is 17.0 Å². The van der Waals surface area contributed by atoms with E-state index in [0.29, 0.717) is 22.6 Å². The molecule has 1 N–H and O–H groups in total. The molecule has 0 radical (unpaired) electrons. The standard InChI is InChI=1S/C23H29ClFNO5/c1-15(26(10-11-27)22(28)31-23(2,3)4)19-12-16(25)13-21(24)20(19)14-30-18-8-6-17(29-5)7-9-18/h6-9,12-13,15,27H,10-11,14H2,1-5H3/t15-/m0/s1. The number of ether oxygens (including phenoxy) is 3. The maximum absolute atomic E-state index is 14.2. The van der Waals surface area contributed by atoms with E-state index in [9.17, 15) is 14.3 Å². The van der Waals surface area contributed by atoms with E-state index in [4.69, 9.17) is 25.8 Å². The molecule has 0 aliphatic heterocycles. The largest absolute Gasteiger partial charge is 0.497 e. The molecular weight excluding hydrogens is 425 g/mol. The van der Waals surface area contributed by atoms with Crippen molar-refractivity contribution in [2.75, 3.05) is 20.3 Å². The third-order valence-corrected chi connectivity index (χ3v) is 4.86. The number of rotatable bonds is 8. The van der Waals surface area contributed by atoms with Crippen LogP contribution in [0.25, 0.3) is 0 Å². The second-order valence-electron chi connectivity index (χ2n) is 7.99. The quantitative estimate of drug-likeness (QED) is 0.583. The number of carbonyl (C=O) groups excluding carboxylic acids is 1. The van der Waals surface area contributed by atoms with Gasteiger partial charge in [0.15, 0.2) is 0 Å². The minimum Gasteiger partial charge on any atom is -0.497 e. The molecule has 2 aromatic carbocycles. The SMILES string of the molecule is COc1ccc(OCc2c(Cl)cc(F)cc2[C@H](C)N(CCO)C(=O)OC(C)(C)C)cc1. The molecule has 2 rings (SSSR count). The number of carbonyl (C=O) groups is 1. The average molecular weight is 454 g/mol. The third-order valence-electron chi connectivity index (χ3n) is 4.52. The van der Waals surface area contributed by atoms with Crippen LogP contribution in [0.1, 0.15) is 44.9 Å². The van der Waals surface area contributed by atoms with Gasteiger partial charge in [-0.15, -0.1) is 0 Å². The van der Waals surface area contributed by atoms with Gasteiger partial charge in [0.05, 0.1) is 24.8 Å². The zero-order valence-electron chi connectivity index (χ0n) is 18.4. The van der Waals surface area contributed by atoms with Gasteiger partial charge in [0.25, 0.3) is 0 Å². The van der Waals surface area contributed by atoms with Crippen molar-refractivity contribution in [2.24, 2.45) is 0 Å². The van der Waals surface area contributed by atoms with Crippen molar-refractivity contribution >= 4 is 17.7 Å². The Morgan fingerprint density at radius 3 is 2.35 bits per heavy atom. The first-order valence-electron chi connectivity index (χ1n) is 9.91. The minimum atomic E-state index is -0.718. The first-order chi connectivity index (χ1) is 14.6. The molecule has 2 aromatic rings. The highest BCUT2D eigenvalue weighted by molar-refractivity contribution is 6.31. The maximum atomic E-state index is 14.2. The summed E-state index contributed by atoms with van der Waals surface area (Å²) in [6, 6.07) is 8.92. The normalized spacial score (nSPS) is 12.3. The van der Waals surface area contributed by atoms with Crippen LogP contribution < -0.4 is 9.47 Å². The summed E-state index contributed by atoms with van der Waals surface area (Å²) in [5, 5.41) is 9.65. The summed E-state index contributed by atoms with van der Waals surface area (Å²) >= 11 is 6.34. The Bertz CT molecular complexity index is 883. The molecule has 170 valence electrons. The lowest BCUT2D eigenvalue weighted by atomic mass is 10.00. The maximum Gasteiger partial charge on any atom is 0.410 e. The highest BCUT2D eigenvalue weighted by atomic mass is 35.5. The Kier molecular flexibility index (Phi) is 8.53. The van der Waals surface area contributed by atoms with E-state index in [2.05, 4.69) is 0 Å². The molecule has 0 aliphatic carbocycles. The first-order valence-corrected chi connectivity index (χ1v) is 10.3. The molecule has 0 fully saturated rings. The summed E-state index contributed by atoms with van der Waals surface area (Å²) in [4.78, 5) is 14.0. The summed E-state index contributed by atoms with van der Waals surface area (Å²) in [5.41, 5.74) is 0.292. The first kappa shape index (κ1) is 24.8. The van der Waals surface area contributed by atoms with E-state index in [1.807, 2.05) is 0 Å². The predicted molar refractivity (Wildman–Crippen MR) is 117 cm³/mol. The Balaban J connectivity index is 2.33. The molecule has 0 heterocycles. The fourth-order valence-electron chi connectivity index (χ4n) is 3.02. The lowest BCUT2D eigenvalue weighted by Gasteiger charge is -2.32. The molecule has 8 heteroatoms. The molecule has 0 aliphatic rings. The number of aliphatic hydroxyl groups excluding tert-OH is 1. The Morgan fingerprint density at radius 2 is 1.81 bits per heavy atom. The lowest BCUT2D eigenvalue weighted by molar-refractivity contribution is 0.0135. The van der Waals surface area contributed by atoms with Crippen LogP contribution in [-0.2, 0) is 11.3 Å². The van der Waals surface area contributed by atoms with Crippen LogP contribution in [0.5, 0.6) is 11.5 Å². The van der Waals surface area contributed by atoms with Gasteiger partial charge in [-0.2, -0.15) is 0 Å². The second-order valence-corrected chi connectivity index (χ2v) is 8.40. The van der Waals surface area contributed by atoms with Gasteiger partial charge in [-0.3, -0.25) is 4.90 Å². The van der Waals surface area contributed by atoms with Crippen LogP contribution >= 0.6 is 11.6 Å². The van der Waals surface area contributed by atoms with Crippen LogP contribution in [0.2, 0.25) is 5.02 Å². The molecule has 0 aromatic heterocycles. The van der Waals surface area contributed by atoms with Crippen molar-refractivity contribution in [2.45, 2.75) is 45.9 Å². The van der Waals surface area contributed by atoms with Gasteiger partial charge < -0.3 is 19.3 Å². The van der Waals surface area contributed by atoms with E-state index < -0.39 is 23.6 Å². The molecule has 1 amide bonds. The van der Waals surface area contributed by atoms with Crippen LogP contribution in [0.15, 0.2) is 36.4 Å². The summed E-state index contributed by atoms with van der Waals surface area (Å²) in [7, 11) is 1.57. The number of nitrogens with zero attached hydrogens (tertiary/aromatic N) is 1. The Labute approximate surface area is 187 Å². The minimum absolute atomic E-state index is 0.0169. The number of amides is 1. The summed E-state index contributed by atoms with van der Waals surface area (Å²) in [6.45, 7) is 6.78. The van der Waals surface area contributed by atoms with Crippen molar-refractivity contribution in [3.8, 4) is 11.5 Å². The third kappa shape index (κ3) is 7.01. The number of hydrogen-bond donors (Lipinski definition) is 1. The zero-order chi connectivity index (χ0) is 23.2. The van der Waals surface area contributed by atoms with Crippen LogP contribution in [0, 0.1) is 5.82 Å². The molecule has 0 unspecified atom stereocenters. The summed E-state index contributed by atoms with van der Waals surface area (Å²) < 4.78 is 30.6. The summed E-state index contributed by atoms with van der Waals surface area (Å²) in [5.74, 6) is 0.741. The molecular formula is C23H29ClFNO5. The Hall–Kier alpha value is -2.51. The van der Waals surface area contributed by atoms with Crippen molar-refractivity contribution in [3.63, 3.8) is 0 Å². The van der Waals surface area contributed by atoms with E-state index in [0.717, 1.165) is 0 Å². The average Bonchev–Trinajstić information content (AvgIpc) is 2.69. The predicted octanol–water partition coefficient (Wildman–Crippen LogP) is 5.36. The number of hydrogen-bond acceptors (Lipinski definition) is 5. The molecule has 0 saturated heterocycles. The fourth-order valence-corrected chi connectivity index (χ4v) is 3.28. The Morgan fingerprint density at radius 1 is 1.19 bits per heavy atom. The molecule has 0 saturated carbocycles. The van der Waals surface area contributed by atoms with Crippen molar-refractivity contribution < 1.29 is 28.5 Å². The van der Waals surface area contributed by atoms with Crippen molar-refractivity contribution in [1.29, 1.82) is 0 Å². The second kappa shape index (κ2) is 10.7. The van der Waals surface area contributed by atoms with Gasteiger partial charge in [-0.1, -0.05) is 11.6 Å². The van der Waals surface area contributed by atoms with Gasteiger partial charge >= 0.3 is 6.09 Å². The lowest BCUT2D eigenvalue weighted by Crippen LogP contribution is -2.40. The van der Waals surface area contributed by atoms with E-state index >= 15 is 0 Å². The fraction of sp³-hybridized carbons (Fsp3) is 0.435. The zero-order valence-corrected chi connectivity index (χ0v) is 19.2. The van der Waals surface area contributed by atoms with Crippen LogP contribution in [0.3, 0.4) is 0 Å². The number of aliphatic hydroxyl groups is 1. The van der Waals surface area contributed by atoms with Gasteiger partial charge in [0.2, 0.25) is 0 Å². The van der Waals surface area contributed by atoms with Gasteiger partial charge in [0.1, 0.15) is 29.5 Å². The monoisotopic (exact) mass is 453 g/mol. The van der Waals surface area contributed by atoms with Crippen LogP contribution in [-0.4, -0.2) is 42.0 Å². The molecule has 6 nitrogen and oxygen atoms in total. The molecule has 1 atom stereocenters. The number of benzene rings is 2. The van der Waals surface area contributed by atoms with Crippen molar-refractivity contribution in [3.05, 3.63) is 58.4 Å². The number of methoxy groups -OCH3 is 1.